The lowest BCUT2D eigenvalue weighted by Gasteiger charge is -2.25. The highest BCUT2D eigenvalue weighted by molar-refractivity contribution is 7.10. The topological polar surface area (TPSA) is 49.4 Å². The molecule has 2 unspecified atom stereocenters. The summed E-state index contributed by atoms with van der Waals surface area (Å²) < 4.78 is 26.9. The highest BCUT2D eigenvalue weighted by Crippen LogP contribution is 2.22. The van der Waals surface area contributed by atoms with E-state index in [4.69, 9.17) is 0 Å². The highest BCUT2D eigenvalue weighted by Gasteiger charge is 2.34. The SMILES string of the molecule is CC(NC(=O)C1CCCN1C(=O)Cc1cccs1)c1ccc(F)cc1F. The van der Waals surface area contributed by atoms with E-state index in [1.165, 1.54) is 17.4 Å². The summed E-state index contributed by atoms with van der Waals surface area (Å²) in [7, 11) is 0. The molecule has 3 rings (SSSR count). The second-order valence-corrected chi connectivity index (χ2v) is 7.43. The number of nitrogens with zero attached hydrogens (tertiary/aromatic N) is 1. The Hall–Kier alpha value is -2.28. The maximum atomic E-state index is 13.9. The van der Waals surface area contributed by atoms with Crippen molar-refractivity contribution in [2.75, 3.05) is 6.54 Å². The van der Waals surface area contributed by atoms with E-state index < -0.39 is 23.7 Å². The molecule has 4 nitrogen and oxygen atoms in total. The first-order valence-corrected chi connectivity index (χ1v) is 9.41. The van der Waals surface area contributed by atoms with Gasteiger partial charge in [-0.25, -0.2) is 8.78 Å². The third kappa shape index (κ3) is 4.09. The standard InChI is InChI=1S/C19H20F2N2O2S/c1-12(15-7-6-13(20)10-16(15)21)22-19(25)17-5-2-8-23(17)18(24)11-14-4-3-9-26-14/h3-4,6-7,9-10,12,17H,2,5,8,11H2,1H3,(H,22,25). The Morgan fingerprint density at radius 3 is 2.85 bits per heavy atom. The third-order valence-electron chi connectivity index (χ3n) is 4.57. The van der Waals surface area contributed by atoms with Crippen LogP contribution < -0.4 is 5.32 Å². The summed E-state index contributed by atoms with van der Waals surface area (Å²) in [5, 5.41) is 4.66. The van der Waals surface area contributed by atoms with Crippen LogP contribution in [0.5, 0.6) is 0 Å². The van der Waals surface area contributed by atoms with Crippen LogP contribution in [0.15, 0.2) is 35.7 Å². The number of hydrogen-bond donors (Lipinski definition) is 1. The molecule has 26 heavy (non-hydrogen) atoms. The quantitative estimate of drug-likeness (QED) is 0.867. The van der Waals surface area contributed by atoms with Crippen molar-refractivity contribution in [3.05, 3.63) is 57.8 Å². The van der Waals surface area contributed by atoms with E-state index in [1.54, 1.807) is 11.8 Å². The van der Waals surface area contributed by atoms with Gasteiger partial charge in [-0.15, -0.1) is 11.3 Å². The van der Waals surface area contributed by atoms with Crippen molar-refractivity contribution in [1.82, 2.24) is 10.2 Å². The molecular weight excluding hydrogens is 358 g/mol. The number of amides is 2. The average molecular weight is 378 g/mol. The maximum absolute atomic E-state index is 13.9. The van der Waals surface area contributed by atoms with E-state index in [1.807, 2.05) is 17.5 Å². The normalized spacial score (nSPS) is 18.0. The second-order valence-electron chi connectivity index (χ2n) is 6.40. The molecule has 1 aliphatic heterocycles. The minimum atomic E-state index is -0.699. The molecule has 0 aliphatic carbocycles. The molecule has 2 aromatic rings. The van der Waals surface area contributed by atoms with Gasteiger partial charge in [-0.1, -0.05) is 12.1 Å². The predicted octanol–water partition coefficient (Wildman–Crippen LogP) is 3.44. The van der Waals surface area contributed by atoms with Crippen LogP contribution in [0.4, 0.5) is 8.78 Å². The van der Waals surface area contributed by atoms with Gasteiger partial charge in [0.1, 0.15) is 17.7 Å². The van der Waals surface area contributed by atoms with E-state index in [2.05, 4.69) is 5.32 Å². The lowest BCUT2D eigenvalue weighted by atomic mass is 10.1. The maximum Gasteiger partial charge on any atom is 0.243 e. The molecule has 1 saturated heterocycles. The van der Waals surface area contributed by atoms with E-state index in [0.717, 1.165) is 23.4 Å². The molecule has 0 radical (unpaired) electrons. The number of rotatable bonds is 5. The molecule has 7 heteroatoms. The Kier molecular flexibility index (Phi) is 5.66. The van der Waals surface area contributed by atoms with Gasteiger partial charge >= 0.3 is 0 Å². The number of carbonyl (C=O) groups is 2. The molecule has 1 aromatic carbocycles. The third-order valence-corrected chi connectivity index (χ3v) is 5.45. The summed E-state index contributed by atoms with van der Waals surface area (Å²) in [6.07, 6.45) is 1.62. The molecular formula is C19H20F2N2O2S. The van der Waals surface area contributed by atoms with Crippen molar-refractivity contribution in [2.45, 2.75) is 38.3 Å². The highest BCUT2D eigenvalue weighted by atomic mass is 32.1. The van der Waals surface area contributed by atoms with Crippen molar-refractivity contribution in [1.29, 1.82) is 0 Å². The number of halogens is 2. The number of carbonyl (C=O) groups excluding carboxylic acids is 2. The van der Waals surface area contributed by atoms with Crippen LogP contribution in [-0.2, 0) is 16.0 Å². The zero-order chi connectivity index (χ0) is 18.7. The first-order valence-electron chi connectivity index (χ1n) is 8.53. The number of hydrogen-bond acceptors (Lipinski definition) is 3. The molecule has 1 aliphatic rings. The lowest BCUT2D eigenvalue weighted by molar-refractivity contribution is -0.138. The fourth-order valence-electron chi connectivity index (χ4n) is 3.24. The number of nitrogens with one attached hydrogen (secondary N) is 1. The summed E-state index contributed by atoms with van der Waals surface area (Å²) in [5.41, 5.74) is 0.217. The molecule has 1 fully saturated rings. The molecule has 2 atom stereocenters. The van der Waals surface area contributed by atoms with Gasteiger partial charge in [0, 0.05) is 23.1 Å². The van der Waals surface area contributed by atoms with Crippen molar-refractivity contribution in [3.63, 3.8) is 0 Å². The smallest absolute Gasteiger partial charge is 0.243 e. The molecule has 0 saturated carbocycles. The average Bonchev–Trinajstić information content (AvgIpc) is 3.25. The van der Waals surface area contributed by atoms with Crippen molar-refractivity contribution >= 4 is 23.2 Å². The van der Waals surface area contributed by atoms with Gasteiger partial charge in [-0.2, -0.15) is 0 Å². The van der Waals surface area contributed by atoms with E-state index in [0.29, 0.717) is 13.0 Å². The van der Waals surface area contributed by atoms with Gasteiger partial charge in [0.2, 0.25) is 11.8 Å². The van der Waals surface area contributed by atoms with Gasteiger partial charge in [0.25, 0.3) is 0 Å². The summed E-state index contributed by atoms with van der Waals surface area (Å²) in [6, 6.07) is 5.90. The Bertz CT molecular complexity index is 795. The van der Waals surface area contributed by atoms with E-state index in [-0.39, 0.29) is 23.8 Å². The summed E-state index contributed by atoms with van der Waals surface area (Å²) in [5.74, 6) is -1.75. The minimum Gasteiger partial charge on any atom is -0.348 e. The van der Waals surface area contributed by atoms with Crippen LogP contribution >= 0.6 is 11.3 Å². The minimum absolute atomic E-state index is 0.0780. The Labute approximate surface area is 154 Å². The Morgan fingerprint density at radius 1 is 1.35 bits per heavy atom. The molecule has 0 spiro atoms. The van der Waals surface area contributed by atoms with E-state index >= 15 is 0 Å². The van der Waals surface area contributed by atoms with Crippen LogP contribution in [-0.4, -0.2) is 29.3 Å². The largest absolute Gasteiger partial charge is 0.348 e. The number of benzene rings is 1. The van der Waals surface area contributed by atoms with E-state index in [9.17, 15) is 18.4 Å². The summed E-state index contributed by atoms with van der Waals surface area (Å²) in [4.78, 5) is 27.7. The molecule has 2 heterocycles. The Morgan fingerprint density at radius 2 is 2.15 bits per heavy atom. The van der Waals surface area contributed by atoms with Crippen molar-refractivity contribution in [3.8, 4) is 0 Å². The zero-order valence-corrected chi connectivity index (χ0v) is 15.2. The monoisotopic (exact) mass is 378 g/mol. The predicted molar refractivity (Wildman–Crippen MR) is 95.7 cm³/mol. The lowest BCUT2D eigenvalue weighted by Crippen LogP contribution is -2.47. The van der Waals surface area contributed by atoms with Crippen LogP contribution in [0.1, 0.15) is 36.2 Å². The second kappa shape index (κ2) is 7.95. The van der Waals surface area contributed by atoms with Gasteiger partial charge < -0.3 is 10.2 Å². The van der Waals surface area contributed by atoms with Crippen LogP contribution in [0.2, 0.25) is 0 Å². The van der Waals surface area contributed by atoms with Gasteiger partial charge in [-0.3, -0.25) is 9.59 Å². The first-order chi connectivity index (χ1) is 12.5. The summed E-state index contributed by atoms with van der Waals surface area (Å²) in [6.45, 7) is 2.18. The first kappa shape index (κ1) is 18.5. The molecule has 2 amide bonds. The number of likely N-dealkylation sites (tertiary alicyclic amines) is 1. The molecule has 1 N–H and O–H groups in total. The number of thiophene rings is 1. The van der Waals surface area contributed by atoms with Crippen molar-refractivity contribution < 1.29 is 18.4 Å². The zero-order valence-electron chi connectivity index (χ0n) is 14.4. The molecule has 1 aromatic heterocycles. The van der Waals surface area contributed by atoms with Gasteiger partial charge in [0.15, 0.2) is 0 Å². The van der Waals surface area contributed by atoms with Gasteiger partial charge in [-0.05, 0) is 37.3 Å². The molecule has 138 valence electrons. The molecule has 0 bridgehead atoms. The van der Waals surface area contributed by atoms with Crippen LogP contribution in [0.25, 0.3) is 0 Å². The summed E-state index contributed by atoms with van der Waals surface area (Å²) >= 11 is 1.51. The van der Waals surface area contributed by atoms with Gasteiger partial charge in [0.05, 0.1) is 12.5 Å². The van der Waals surface area contributed by atoms with Crippen LogP contribution in [0.3, 0.4) is 0 Å². The fourth-order valence-corrected chi connectivity index (χ4v) is 3.94. The van der Waals surface area contributed by atoms with Crippen LogP contribution in [0, 0.1) is 11.6 Å². The Balaban J connectivity index is 1.65. The fraction of sp³-hybridized carbons (Fsp3) is 0.368. The van der Waals surface area contributed by atoms with Crippen molar-refractivity contribution in [2.24, 2.45) is 0 Å².